The quantitative estimate of drug-likeness (QED) is 0.367. The van der Waals surface area contributed by atoms with E-state index >= 15 is 0 Å². The topological polar surface area (TPSA) is 33.0 Å². The lowest BCUT2D eigenvalue weighted by molar-refractivity contribution is -0.00456. The Balaban J connectivity index is 1.33. The van der Waals surface area contributed by atoms with Crippen LogP contribution in [0.4, 0.5) is 4.39 Å². The maximum atomic E-state index is 12.8. The monoisotopic (exact) mass is 395 g/mol. The number of allylic oxidation sites excluding steroid dienone is 4. The van der Waals surface area contributed by atoms with Crippen molar-refractivity contribution in [2.45, 2.75) is 76.7 Å². The van der Waals surface area contributed by atoms with E-state index in [2.05, 4.69) is 31.2 Å². The van der Waals surface area contributed by atoms with Crippen molar-refractivity contribution in [1.82, 2.24) is 0 Å². The molecule has 0 N–H and O–H groups in total. The van der Waals surface area contributed by atoms with Crippen molar-refractivity contribution in [3.8, 4) is 6.07 Å². The highest BCUT2D eigenvalue weighted by atomic mass is 19.1. The lowest BCUT2D eigenvalue weighted by Gasteiger charge is -2.32. The van der Waals surface area contributed by atoms with Crippen LogP contribution in [0.25, 0.3) is 0 Å². The molecule has 0 unspecified atom stereocenters. The van der Waals surface area contributed by atoms with Gasteiger partial charge in [-0.3, -0.25) is 0 Å². The van der Waals surface area contributed by atoms with Crippen LogP contribution in [0.5, 0.6) is 0 Å². The van der Waals surface area contributed by atoms with E-state index in [0.29, 0.717) is 17.9 Å². The Bertz CT molecular complexity index is 714. The van der Waals surface area contributed by atoms with E-state index in [4.69, 9.17) is 10.00 Å². The molecule has 0 heterocycles. The summed E-state index contributed by atoms with van der Waals surface area (Å²) in [5.41, 5.74) is 2.93. The molecule has 0 amide bonds. The standard InChI is InChI=1S/C26H34FNO/c1-2-20-6-12-23(13-7-20)24-14-8-22(9-15-24)19-29-26-16-10-21(11-17-26)4-3-5-25(27)18-28/h3-7,12-13,21-22,24,26H,2,8-11,14-17,19H2,1H3. The average molecular weight is 396 g/mol. The molecule has 2 nitrogen and oxygen atoms in total. The highest BCUT2D eigenvalue weighted by molar-refractivity contribution is 5.25. The fraction of sp³-hybridized carbons (Fsp3) is 0.577. The molecule has 1 aromatic rings. The van der Waals surface area contributed by atoms with Crippen LogP contribution in [0.3, 0.4) is 0 Å². The fourth-order valence-corrected chi connectivity index (χ4v) is 4.74. The predicted molar refractivity (Wildman–Crippen MR) is 116 cm³/mol. The Hall–Kier alpha value is -1.92. The largest absolute Gasteiger partial charge is 0.378 e. The molecule has 0 aromatic heterocycles. The van der Waals surface area contributed by atoms with Gasteiger partial charge in [-0.05, 0) is 92.7 Å². The third-order valence-electron chi connectivity index (χ3n) is 6.73. The summed E-state index contributed by atoms with van der Waals surface area (Å²) in [5, 5.41) is 8.42. The fourth-order valence-electron chi connectivity index (χ4n) is 4.74. The second-order valence-corrected chi connectivity index (χ2v) is 8.69. The molecule has 2 aliphatic carbocycles. The molecule has 0 spiro atoms. The molecule has 156 valence electrons. The van der Waals surface area contributed by atoms with Gasteiger partial charge in [0.15, 0.2) is 5.83 Å². The molecular weight excluding hydrogens is 361 g/mol. The Labute approximate surface area is 175 Å². The molecule has 2 aliphatic rings. The van der Waals surface area contributed by atoms with E-state index in [1.54, 1.807) is 6.08 Å². The van der Waals surface area contributed by atoms with Gasteiger partial charge in [-0.25, -0.2) is 0 Å². The Morgan fingerprint density at radius 1 is 1.07 bits per heavy atom. The summed E-state index contributed by atoms with van der Waals surface area (Å²) >= 11 is 0. The van der Waals surface area contributed by atoms with Crippen molar-refractivity contribution in [2.75, 3.05) is 6.61 Å². The van der Waals surface area contributed by atoms with Crippen LogP contribution in [-0.2, 0) is 11.2 Å². The molecule has 0 saturated heterocycles. The van der Waals surface area contributed by atoms with Gasteiger partial charge in [0, 0.05) is 6.61 Å². The summed E-state index contributed by atoms with van der Waals surface area (Å²) in [7, 11) is 0. The molecule has 2 saturated carbocycles. The van der Waals surface area contributed by atoms with Gasteiger partial charge in [-0.1, -0.05) is 43.3 Å². The summed E-state index contributed by atoms with van der Waals surface area (Å²) in [5.74, 6) is 1.18. The van der Waals surface area contributed by atoms with Crippen LogP contribution < -0.4 is 0 Å². The number of halogens is 1. The van der Waals surface area contributed by atoms with E-state index in [-0.39, 0.29) is 0 Å². The van der Waals surface area contributed by atoms with Crippen LogP contribution in [0.1, 0.15) is 75.3 Å². The first-order chi connectivity index (χ1) is 14.2. The number of hydrogen-bond donors (Lipinski definition) is 0. The van der Waals surface area contributed by atoms with E-state index in [1.807, 2.05) is 6.08 Å². The van der Waals surface area contributed by atoms with Crippen LogP contribution in [0.15, 0.2) is 48.3 Å². The van der Waals surface area contributed by atoms with Gasteiger partial charge in [-0.15, -0.1) is 0 Å². The van der Waals surface area contributed by atoms with Crippen molar-refractivity contribution in [2.24, 2.45) is 11.8 Å². The second-order valence-electron chi connectivity index (χ2n) is 8.69. The van der Waals surface area contributed by atoms with Crippen molar-refractivity contribution in [3.63, 3.8) is 0 Å². The van der Waals surface area contributed by atoms with Crippen LogP contribution in [0.2, 0.25) is 0 Å². The molecule has 0 aliphatic heterocycles. The maximum Gasteiger partial charge on any atom is 0.199 e. The molecule has 0 bridgehead atoms. The molecule has 0 radical (unpaired) electrons. The zero-order valence-electron chi connectivity index (χ0n) is 17.7. The lowest BCUT2D eigenvalue weighted by atomic mass is 9.79. The number of nitriles is 1. The highest BCUT2D eigenvalue weighted by Crippen LogP contribution is 2.36. The Kier molecular flexibility index (Phi) is 8.50. The van der Waals surface area contributed by atoms with Gasteiger partial charge in [0.25, 0.3) is 0 Å². The van der Waals surface area contributed by atoms with Crippen molar-refractivity contribution in [3.05, 3.63) is 59.4 Å². The third-order valence-corrected chi connectivity index (χ3v) is 6.73. The molecule has 2 fully saturated rings. The summed E-state index contributed by atoms with van der Waals surface area (Å²) in [6.45, 7) is 3.11. The molecule has 0 atom stereocenters. The first kappa shape index (κ1) is 21.8. The van der Waals surface area contributed by atoms with Gasteiger partial charge < -0.3 is 4.74 Å². The van der Waals surface area contributed by atoms with Gasteiger partial charge in [-0.2, -0.15) is 9.65 Å². The summed E-state index contributed by atoms with van der Waals surface area (Å²) in [6, 6.07) is 10.7. The molecule has 29 heavy (non-hydrogen) atoms. The van der Waals surface area contributed by atoms with Gasteiger partial charge in [0.05, 0.1) is 6.10 Å². The molecule has 3 heteroatoms. The first-order valence-corrected chi connectivity index (χ1v) is 11.3. The van der Waals surface area contributed by atoms with Gasteiger partial charge >= 0.3 is 0 Å². The van der Waals surface area contributed by atoms with Gasteiger partial charge in [0.2, 0.25) is 0 Å². The lowest BCUT2D eigenvalue weighted by Crippen LogP contribution is -2.25. The van der Waals surface area contributed by atoms with Crippen molar-refractivity contribution < 1.29 is 9.13 Å². The Morgan fingerprint density at radius 2 is 1.76 bits per heavy atom. The van der Waals surface area contributed by atoms with Gasteiger partial charge in [0.1, 0.15) is 6.07 Å². The number of ether oxygens (including phenoxy) is 1. The van der Waals surface area contributed by atoms with E-state index in [0.717, 1.165) is 44.6 Å². The summed E-state index contributed by atoms with van der Waals surface area (Å²) < 4.78 is 19.1. The average Bonchev–Trinajstić information content (AvgIpc) is 2.79. The van der Waals surface area contributed by atoms with E-state index in [1.165, 1.54) is 49.0 Å². The summed E-state index contributed by atoms with van der Waals surface area (Å²) in [6.07, 6.45) is 15.9. The Morgan fingerprint density at radius 3 is 2.38 bits per heavy atom. The smallest absolute Gasteiger partial charge is 0.199 e. The zero-order valence-corrected chi connectivity index (χ0v) is 17.7. The molecular formula is C26H34FNO. The second kappa shape index (κ2) is 11.3. The van der Waals surface area contributed by atoms with Crippen LogP contribution >= 0.6 is 0 Å². The number of aryl methyl sites for hydroxylation is 1. The molecule has 3 rings (SSSR count). The zero-order chi connectivity index (χ0) is 20.5. The normalized spacial score (nSPS) is 28.4. The first-order valence-electron chi connectivity index (χ1n) is 11.3. The minimum atomic E-state index is -0.731. The number of hydrogen-bond acceptors (Lipinski definition) is 2. The number of nitrogens with zero attached hydrogens (tertiary/aromatic N) is 1. The predicted octanol–water partition coefficient (Wildman–Crippen LogP) is 7.03. The maximum absolute atomic E-state index is 12.8. The van der Waals surface area contributed by atoms with Crippen LogP contribution in [-0.4, -0.2) is 12.7 Å². The minimum Gasteiger partial charge on any atom is -0.378 e. The summed E-state index contributed by atoms with van der Waals surface area (Å²) in [4.78, 5) is 0. The van der Waals surface area contributed by atoms with Crippen molar-refractivity contribution in [1.29, 1.82) is 5.26 Å². The third kappa shape index (κ3) is 6.82. The number of benzene rings is 1. The van der Waals surface area contributed by atoms with E-state index < -0.39 is 5.83 Å². The van der Waals surface area contributed by atoms with E-state index in [9.17, 15) is 4.39 Å². The number of rotatable bonds is 7. The van der Waals surface area contributed by atoms with Crippen molar-refractivity contribution >= 4 is 0 Å². The molecule has 1 aromatic carbocycles. The highest BCUT2D eigenvalue weighted by Gasteiger charge is 2.25. The SMILES string of the molecule is CCc1ccc(C2CCC(COC3CCC(C=CC=C(F)C#N)CC3)CC2)cc1. The minimum absolute atomic E-state index is 0.380. The van der Waals surface area contributed by atoms with Crippen LogP contribution in [0, 0.1) is 23.2 Å².